The fourth-order valence-corrected chi connectivity index (χ4v) is 3.25. The molecule has 0 radical (unpaired) electrons. The van der Waals surface area contributed by atoms with E-state index in [1.165, 1.54) is 38.1 Å². The fraction of sp³-hybridized carbons (Fsp3) is 0.500. The number of amides is 2. The molecule has 6 nitrogen and oxygen atoms in total. The lowest BCUT2D eigenvalue weighted by atomic mass is 9.95. The second kappa shape index (κ2) is 8.79. The van der Waals surface area contributed by atoms with E-state index in [1.54, 1.807) is 0 Å². The van der Waals surface area contributed by atoms with Crippen molar-refractivity contribution in [2.45, 2.75) is 50.0 Å². The zero-order valence-corrected chi connectivity index (χ0v) is 14.4. The number of anilines is 1. The SMILES string of the molecule is CNSc1ccc(NC2CCCCC2)c(C(=O)NNC(C)=O)c1. The van der Waals surface area contributed by atoms with Gasteiger partial charge in [-0.05, 0) is 50.0 Å². The molecule has 2 amide bonds. The van der Waals surface area contributed by atoms with Crippen LogP contribution in [-0.4, -0.2) is 24.9 Å². The summed E-state index contributed by atoms with van der Waals surface area (Å²) in [5.41, 5.74) is 6.11. The lowest BCUT2D eigenvalue weighted by molar-refractivity contribution is -0.119. The average Bonchev–Trinajstić information content (AvgIpc) is 2.55. The van der Waals surface area contributed by atoms with Crippen LogP contribution >= 0.6 is 11.9 Å². The Morgan fingerprint density at radius 3 is 2.52 bits per heavy atom. The molecule has 1 aromatic carbocycles. The largest absolute Gasteiger partial charge is 0.382 e. The Hall–Kier alpha value is -1.73. The van der Waals surface area contributed by atoms with E-state index < -0.39 is 0 Å². The van der Waals surface area contributed by atoms with E-state index in [0.717, 1.165) is 23.4 Å². The van der Waals surface area contributed by atoms with Crippen molar-refractivity contribution < 1.29 is 9.59 Å². The van der Waals surface area contributed by atoms with Crippen LogP contribution in [0.5, 0.6) is 0 Å². The van der Waals surface area contributed by atoms with Gasteiger partial charge in [-0.1, -0.05) is 19.3 Å². The van der Waals surface area contributed by atoms with Gasteiger partial charge in [-0.3, -0.25) is 25.2 Å². The molecule has 4 N–H and O–H groups in total. The quantitative estimate of drug-likeness (QED) is 0.490. The summed E-state index contributed by atoms with van der Waals surface area (Å²) in [7, 11) is 1.83. The molecule has 1 aromatic rings. The number of carbonyl (C=O) groups is 2. The minimum atomic E-state index is -0.322. The van der Waals surface area contributed by atoms with Gasteiger partial charge in [0.25, 0.3) is 5.91 Å². The van der Waals surface area contributed by atoms with E-state index in [1.807, 2.05) is 25.2 Å². The first-order valence-electron chi connectivity index (χ1n) is 7.91. The predicted octanol–water partition coefficient (Wildman–Crippen LogP) is 2.44. The maximum atomic E-state index is 12.4. The fourth-order valence-electron chi connectivity index (χ4n) is 2.70. The highest BCUT2D eigenvalue weighted by Crippen LogP contribution is 2.27. The third-order valence-corrected chi connectivity index (χ3v) is 4.47. The molecular weight excluding hydrogens is 312 g/mol. The molecule has 0 aromatic heterocycles. The van der Waals surface area contributed by atoms with Gasteiger partial charge >= 0.3 is 0 Å². The van der Waals surface area contributed by atoms with Crippen LogP contribution < -0.4 is 20.9 Å². The lowest BCUT2D eigenvalue weighted by Gasteiger charge is -2.25. The Balaban J connectivity index is 2.17. The van der Waals surface area contributed by atoms with E-state index >= 15 is 0 Å². The van der Waals surface area contributed by atoms with Crippen molar-refractivity contribution in [3.05, 3.63) is 23.8 Å². The number of nitrogens with one attached hydrogen (secondary N) is 4. The second-order valence-corrected chi connectivity index (χ2v) is 6.71. The summed E-state index contributed by atoms with van der Waals surface area (Å²) in [6, 6.07) is 6.13. The summed E-state index contributed by atoms with van der Waals surface area (Å²) < 4.78 is 3.00. The number of benzene rings is 1. The van der Waals surface area contributed by atoms with Gasteiger partial charge in [-0.15, -0.1) is 0 Å². The van der Waals surface area contributed by atoms with Gasteiger partial charge in [0, 0.05) is 23.5 Å². The van der Waals surface area contributed by atoms with E-state index in [9.17, 15) is 9.59 Å². The maximum Gasteiger partial charge on any atom is 0.271 e. The van der Waals surface area contributed by atoms with Crippen molar-refractivity contribution in [1.82, 2.24) is 15.6 Å². The van der Waals surface area contributed by atoms with Crippen LogP contribution in [-0.2, 0) is 4.79 Å². The molecule has 7 heteroatoms. The highest BCUT2D eigenvalue weighted by Gasteiger charge is 2.18. The molecule has 0 spiro atoms. The van der Waals surface area contributed by atoms with Gasteiger partial charge in [0.05, 0.1) is 5.56 Å². The first-order chi connectivity index (χ1) is 11.1. The monoisotopic (exact) mass is 336 g/mol. The van der Waals surface area contributed by atoms with Gasteiger partial charge in [-0.25, -0.2) is 0 Å². The topological polar surface area (TPSA) is 82.3 Å². The smallest absolute Gasteiger partial charge is 0.271 e. The minimum Gasteiger partial charge on any atom is -0.382 e. The molecule has 1 saturated carbocycles. The van der Waals surface area contributed by atoms with Gasteiger partial charge in [0.1, 0.15) is 0 Å². The second-order valence-electron chi connectivity index (χ2n) is 5.63. The predicted molar refractivity (Wildman–Crippen MR) is 93.1 cm³/mol. The van der Waals surface area contributed by atoms with Crippen LogP contribution in [0, 0.1) is 0 Å². The molecule has 1 fully saturated rings. The number of carbonyl (C=O) groups excluding carboxylic acids is 2. The molecule has 1 aliphatic carbocycles. The Morgan fingerprint density at radius 2 is 1.87 bits per heavy atom. The zero-order valence-electron chi connectivity index (χ0n) is 13.6. The molecule has 0 atom stereocenters. The Morgan fingerprint density at radius 1 is 1.13 bits per heavy atom. The highest BCUT2D eigenvalue weighted by molar-refractivity contribution is 7.97. The molecule has 0 aliphatic heterocycles. The van der Waals surface area contributed by atoms with Gasteiger partial charge < -0.3 is 5.32 Å². The summed E-state index contributed by atoms with van der Waals surface area (Å²) in [5.74, 6) is -0.627. The molecular formula is C16H24N4O2S. The van der Waals surface area contributed by atoms with Crippen LogP contribution in [0.25, 0.3) is 0 Å². The normalized spacial score (nSPS) is 15.0. The molecule has 2 rings (SSSR count). The van der Waals surface area contributed by atoms with Gasteiger partial charge in [0.15, 0.2) is 0 Å². The summed E-state index contributed by atoms with van der Waals surface area (Å²) in [6.07, 6.45) is 5.98. The minimum absolute atomic E-state index is 0.305. The van der Waals surface area contributed by atoms with Crippen LogP contribution in [0.2, 0.25) is 0 Å². The first-order valence-corrected chi connectivity index (χ1v) is 8.73. The number of rotatable bonds is 5. The molecule has 23 heavy (non-hydrogen) atoms. The van der Waals surface area contributed by atoms with E-state index in [-0.39, 0.29) is 11.8 Å². The van der Waals surface area contributed by atoms with Crippen LogP contribution in [0.1, 0.15) is 49.4 Å². The molecule has 1 aliphatic rings. The molecule has 0 bridgehead atoms. The van der Waals surface area contributed by atoms with Crippen molar-refractivity contribution in [2.24, 2.45) is 0 Å². The summed E-state index contributed by atoms with van der Waals surface area (Å²) >= 11 is 1.44. The number of hydrazine groups is 1. The summed E-state index contributed by atoms with van der Waals surface area (Å²) in [5, 5.41) is 3.48. The molecule has 0 heterocycles. The van der Waals surface area contributed by atoms with Crippen molar-refractivity contribution in [1.29, 1.82) is 0 Å². The molecule has 126 valence electrons. The van der Waals surface area contributed by atoms with E-state index in [2.05, 4.69) is 20.9 Å². The van der Waals surface area contributed by atoms with Crippen LogP contribution in [0.15, 0.2) is 23.1 Å². The van der Waals surface area contributed by atoms with Crippen LogP contribution in [0.3, 0.4) is 0 Å². The Labute approximate surface area is 141 Å². The lowest BCUT2D eigenvalue weighted by Crippen LogP contribution is -2.40. The molecule has 0 saturated heterocycles. The van der Waals surface area contributed by atoms with Gasteiger partial charge in [-0.2, -0.15) is 0 Å². The van der Waals surface area contributed by atoms with Crippen molar-refractivity contribution in [3.8, 4) is 0 Å². The molecule has 0 unspecified atom stereocenters. The summed E-state index contributed by atoms with van der Waals surface area (Å²) in [6.45, 7) is 1.36. The van der Waals surface area contributed by atoms with Crippen molar-refractivity contribution in [3.63, 3.8) is 0 Å². The number of hydrogen-bond donors (Lipinski definition) is 4. The van der Waals surface area contributed by atoms with Gasteiger partial charge in [0.2, 0.25) is 5.91 Å². The average molecular weight is 336 g/mol. The number of hydrogen-bond acceptors (Lipinski definition) is 5. The van der Waals surface area contributed by atoms with Crippen molar-refractivity contribution >= 4 is 29.4 Å². The standard InChI is InChI=1S/C16H24N4O2S/c1-11(21)19-20-16(22)14-10-13(23-17-2)8-9-15(14)18-12-6-4-3-5-7-12/h8-10,12,17-18H,3-7H2,1-2H3,(H,19,21)(H,20,22). The van der Waals surface area contributed by atoms with E-state index in [0.29, 0.717) is 11.6 Å². The maximum absolute atomic E-state index is 12.4. The summed E-state index contributed by atoms with van der Waals surface area (Å²) in [4.78, 5) is 24.3. The van der Waals surface area contributed by atoms with Crippen LogP contribution in [0.4, 0.5) is 5.69 Å². The van der Waals surface area contributed by atoms with Crippen molar-refractivity contribution in [2.75, 3.05) is 12.4 Å². The zero-order chi connectivity index (χ0) is 16.7. The third-order valence-electron chi connectivity index (χ3n) is 3.77. The van der Waals surface area contributed by atoms with E-state index in [4.69, 9.17) is 0 Å². The highest BCUT2D eigenvalue weighted by atomic mass is 32.2. The Kier molecular flexibility index (Phi) is 6.73. The Bertz CT molecular complexity index is 559. The first kappa shape index (κ1) is 17.6. The third kappa shape index (κ3) is 5.44.